The number of carbonyl (C=O) groups excluding carboxylic acids is 1. The van der Waals surface area contributed by atoms with Crippen molar-refractivity contribution in [2.24, 2.45) is 0 Å². The highest BCUT2D eigenvalue weighted by molar-refractivity contribution is 7.21. The van der Waals surface area contributed by atoms with Gasteiger partial charge in [-0.05, 0) is 80.5 Å². The lowest BCUT2D eigenvalue weighted by molar-refractivity contribution is 0.103. The number of thiophene rings is 1. The fraction of sp³-hybridized carbons (Fsp3) is 0.280. The number of amides is 1. The summed E-state index contributed by atoms with van der Waals surface area (Å²) < 4.78 is 5.80. The van der Waals surface area contributed by atoms with Gasteiger partial charge in [-0.1, -0.05) is 12.5 Å². The molecule has 1 aromatic carbocycles. The molecule has 0 unspecified atom stereocenters. The van der Waals surface area contributed by atoms with Crippen molar-refractivity contribution >= 4 is 38.8 Å². The van der Waals surface area contributed by atoms with Gasteiger partial charge in [0.25, 0.3) is 5.91 Å². The molecule has 0 saturated carbocycles. The van der Waals surface area contributed by atoms with E-state index in [0.717, 1.165) is 64.2 Å². The molecule has 4 aromatic rings. The Morgan fingerprint density at radius 3 is 2.74 bits per heavy atom. The van der Waals surface area contributed by atoms with Gasteiger partial charge in [-0.3, -0.25) is 4.79 Å². The number of aromatic nitrogens is 1. The van der Waals surface area contributed by atoms with E-state index in [2.05, 4.69) is 12.2 Å². The Morgan fingerprint density at radius 2 is 1.97 bits per heavy atom. The van der Waals surface area contributed by atoms with E-state index in [4.69, 9.17) is 15.1 Å². The summed E-state index contributed by atoms with van der Waals surface area (Å²) >= 11 is 1.36. The molecule has 5 rings (SSSR count). The van der Waals surface area contributed by atoms with Crippen LogP contribution in [0.2, 0.25) is 0 Å². The lowest BCUT2D eigenvalue weighted by Crippen LogP contribution is -2.12. The molecule has 0 atom stereocenters. The lowest BCUT2D eigenvalue weighted by atomic mass is 9.96. The van der Waals surface area contributed by atoms with Gasteiger partial charge in [0.2, 0.25) is 0 Å². The minimum absolute atomic E-state index is 0.204. The average molecular weight is 432 g/mol. The molecule has 1 amide bonds. The summed E-state index contributed by atoms with van der Waals surface area (Å²) in [5.41, 5.74) is 13.5. The maximum atomic E-state index is 13.1. The second-order valence-corrected chi connectivity index (χ2v) is 9.23. The van der Waals surface area contributed by atoms with Crippen LogP contribution in [0.1, 0.15) is 51.3 Å². The third kappa shape index (κ3) is 3.51. The van der Waals surface area contributed by atoms with Gasteiger partial charge in [0.05, 0.1) is 12.0 Å². The minimum Gasteiger partial charge on any atom is -0.464 e. The van der Waals surface area contributed by atoms with Crippen LogP contribution in [0.15, 0.2) is 41.0 Å². The Hall–Kier alpha value is -3.12. The predicted octanol–water partition coefficient (Wildman–Crippen LogP) is 6.28. The lowest BCUT2D eigenvalue weighted by Gasteiger charge is -2.12. The van der Waals surface area contributed by atoms with E-state index in [1.54, 1.807) is 6.26 Å². The van der Waals surface area contributed by atoms with Crippen molar-refractivity contribution in [1.29, 1.82) is 0 Å². The minimum atomic E-state index is -0.204. The van der Waals surface area contributed by atoms with Gasteiger partial charge in [-0.25, -0.2) is 4.98 Å². The van der Waals surface area contributed by atoms with Crippen LogP contribution in [0.3, 0.4) is 0 Å². The molecule has 6 heteroatoms. The zero-order valence-corrected chi connectivity index (χ0v) is 18.6. The number of benzene rings is 1. The number of rotatable bonds is 3. The van der Waals surface area contributed by atoms with Crippen LogP contribution in [0, 0.1) is 13.8 Å². The molecular formula is C25H25N3O2S. The molecule has 3 N–H and O–H groups in total. The van der Waals surface area contributed by atoms with Gasteiger partial charge in [-0.15, -0.1) is 11.3 Å². The van der Waals surface area contributed by atoms with E-state index in [9.17, 15) is 4.79 Å². The van der Waals surface area contributed by atoms with Crippen LogP contribution in [-0.2, 0) is 12.8 Å². The highest BCUT2D eigenvalue weighted by Gasteiger charge is 2.26. The van der Waals surface area contributed by atoms with Crippen molar-refractivity contribution in [2.45, 2.75) is 46.0 Å². The normalized spacial score (nSPS) is 13.7. The van der Waals surface area contributed by atoms with Crippen LogP contribution in [0.25, 0.3) is 21.5 Å². The smallest absolute Gasteiger partial charge is 0.267 e. The summed E-state index contributed by atoms with van der Waals surface area (Å²) in [4.78, 5) is 19.4. The Balaban J connectivity index is 1.64. The first-order valence-electron chi connectivity index (χ1n) is 10.7. The van der Waals surface area contributed by atoms with Crippen molar-refractivity contribution in [3.63, 3.8) is 0 Å². The molecular weight excluding hydrogens is 406 g/mol. The van der Waals surface area contributed by atoms with E-state index in [0.29, 0.717) is 10.6 Å². The van der Waals surface area contributed by atoms with Crippen LogP contribution in [0.4, 0.5) is 11.4 Å². The van der Waals surface area contributed by atoms with E-state index in [-0.39, 0.29) is 5.91 Å². The molecule has 0 spiro atoms. The SMILES string of the molecule is Cc1ccc(NC(=O)c2sc3nc4c(c(-c5ccco5)c3c2N)CCCCC4)cc1C. The van der Waals surface area contributed by atoms with Crippen molar-refractivity contribution in [2.75, 3.05) is 11.1 Å². The number of anilines is 2. The number of carbonyl (C=O) groups is 1. The molecule has 3 heterocycles. The van der Waals surface area contributed by atoms with Gasteiger partial charge < -0.3 is 15.5 Å². The molecule has 0 aliphatic heterocycles. The number of furan rings is 1. The quantitative estimate of drug-likeness (QED) is 0.374. The third-order valence-electron chi connectivity index (χ3n) is 6.14. The third-order valence-corrected chi connectivity index (χ3v) is 7.24. The molecule has 5 nitrogen and oxygen atoms in total. The van der Waals surface area contributed by atoms with Crippen molar-refractivity contribution in [3.05, 3.63) is 63.9 Å². The summed E-state index contributed by atoms with van der Waals surface area (Å²) in [6.07, 6.45) is 7.03. The summed E-state index contributed by atoms with van der Waals surface area (Å²) in [6, 6.07) is 9.75. The molecule has 158 valence electrons. The van der Waals surface area contributed by atoms with Gasteiger partial charge in [-0.2, -0.15) is 0 Å². The van der Waals surface area contributed by atoms with Crippen LogP contribution in [0.5, 0.6) is 0 Å². The molecule has 1 aliphatic rings. The highest BCUT2D eigenvalue weighted by Crippen LogP contribution is 2.43. The predicted molar refractivity (Wildman–Crippen MR) is 127 cm³/mol. The summed E-state index contributed by atoms with van der Waals surface area (Å²) in [7, 11) is 0. The fourth-order valence-corrected chi connectivity index (χ4v) is 5.37. The maximum absolute atomic E-state index is 13.1. The topological polar surface area (TPSA) is 81.2 Å². The van der Waals surface area contributed by atoms with Crippen molar-refractivity contribution < 1.29 is 9.21 Å². The number of nitrogen functional groups attached to an aromatic ring is 1. The van der Waals surface area contributed by atoms with Crippen LogP contribution in [-0.4, -0.2) is 10.9 Å². The maximum Gasteiger partial charge on any atom is 0.267 e. The molecule has 0 saturated heterocycles. The fourth-order valence-electron chi connectivity index (χ4n) is 4.35. The van der Waals surface area contributed by atoms with Gasteiger partial charge >= 0.3 is 0 Å². The first-order chi connectivity index (χ1) is 15.0. The van der Waals surface area contributed by atoms with E-state index >= 15 is 0 Å². The number of nitrogens with two attached hydrogens (primary N) is 1. The Morgan fingerprint density at radius 1 is 1.13 bits per heavy atom. The first kappa shape index (κ1) is 19.8. The van der Waals surface area contributed by atoms with E-state index < -0.39 is 0 Å². The van der Waals surface area contributed by atoms with Gasteiger partial charge in [0, 0.05) is 22.3 Å². The Labute approximate surface area is 185 Å². The molecule has 1 aliphatic carbocycles. The largest absolute Gasteiger partial charge is 0.464 e. The van der Waals surface area contributed by atoms with Crippen LogP contribution >= 0.6 is 11.3 Å². The number of fused-ring (bicyclic) bond motifs is 2. The highest BCUT2D eigenvalue weighted by atomic mass is 32.1. The Kier molecular flexibility index (Phi) is 5.02. The summed E-state index contributed by atoms with van der Waals surface area (Å²) in [6.45, 7) is 4.09. The number of aryl methyl sites for hydroxylation is 3. The average Bonchev–Trinajstić information content (AvgIpc) is 3.32. The standard InChI is InChI=1S/C25H25N3O2S/c1-14-10-11-16(13-15(14)2)27-24(29)23-22(26)21-20(19-9-6-12-30-19)17-7-4-3-5-8-18(17)28-25(21)31-23/h6,9-13H,3-5,7-8,26H2,1-2H3,(H,27,29). The molecule has 0 bridgehead atoms. The second kappa shape index (κ2) is 7.85. The molecule has 3 aromatic heterocycles. The van der Waals surface area contributed by atoms with Crippen molar-refractivity contribution in [1.82, 2.24) is 4.98 Å². The summed E-state index contributed by atoms with van der Waals surface area (Å²) in [5, 5.41) is 3.84. The molecule has 31 heavy (non-hydrogen) atoms. The van der Waals surface area contributed by atoms with Gasteiger partial charge in [0.1, 0.15) is 15.5 Å². The first-order valence-corrected chi connectivity index (χ1v) is 11.5. The van der Waals surface area contributed by atoms with Crippen molar-refractivity contribution in [3.8, 4) is 11.3 Å². The molecule has 0 fully saturated rings. The van der Waals surface area contributed by atoms with Crippen LogP contribution < -0.4 is 11.1 Å². The van der Waals surface area contributed by atoms with E-state index in [1.165, 1.54) is 28.9 Å². The number of hydrogen-bond donors (Lipinski definition) is 2. The van der Waals surface area contributed by atoms with Gasteiger partial charge in [0.15, 0.2) is 0 Å². The number of nitrogens with zero attached hydrogens (tertiary/aromatic N) is 1. The summed E-state index contributed by atoms with van der Waals surface area (Å²) in [5.74, 6) is 0.584. The second-order valence-electron chi connectivity index (χ2n) is 8.23. The molecule has 0 radical (unpaired) electrons. The zero-order chi connectivity index (χ0) is 21.5. The number of nitrogens with one attached hydrogen (secondary N) is 1. The Bertz CT molecular complexity index is 1290. The monoisotopic (exact) mass is 431 g/mol. The number of pyridine rings is 1. The number of hydrogen-bond acceptors (Lipinski definition) is 5. The van der Waals surface area contributed by atoms with E-state index in [1.807, 2.05) is 37.3 Å². The zero-order valence-electron chi connectivity index (χ0n) is 17.7.